The first kappa shape index (κ1) is 11.8. The number of ether oxygens (including phenoxy) is 1. The first-order valence-electron chi connectivity index (χ1n) is 5.66. The molecule has 0 unspecified atom stereocenters. The van der Waals surface area contributed by atoms with Crippen LogP contribution in [-0.2, 0) is 16.0 Å². The normalized spacial score (nSPS) is 15.3. The lowest BCUT2D eigenvalue weighted by molar-refractivity contribution is -0.124. The standard InChI is InChI=1S/C12H12N2O2S2/c15-11(13-9-5-16-6-9)4-8-7-18-12(14-8)10-2-1-3-17-10/h1-3,7,9H,4-6H2,(H,13,15). The number of aromatic nitrogens is 1. The van der Waals surface area contributed by atoms with E-state index in [0.29, 0.717) is 19.6 Å². The molecule has 0 bridgehead atoms. The molecule has 0 radical (unpaired) electrons. The van der Waals surface area contributed by atoms with Gasteiger partial charge in [0, 0.05) is 5.38 Å². The Morgan fingerprint density at radius 1 is 1.50 bits per heavy atom. The summed E-state index contributed by atoms with van der Waals surface area (Å²) in [5, 5.41) is 7.88. The fourth-order valence-electron chi connectivity index (χ4n) is 1.66. The van der Waals surface area contributed by atoms with Gasteiger partial charge in [0.05, 0.1) is 36.2 Å². The van der Waals surface area contributed by atoms with Gasteiger partial charge in [-0.25, -0.2) is 4.98 Å². The highest BCUT2D eigenvalue weighted by Crippen LogP contribution is 2.27. The third kappa shape index (κ3) is 2.60. The van der Waals surface area contributed by atoms with Crippen molar-refractivity contribution in [1.82, 2.24) is 10.3 Å². The summed E-state index contributed by atoms with van der Waals surface area (Å²) >= 11 is 3.24. The van der Waals surface area contributed by atoms with Gasteiger partial charge in [0.25, 0.3) is 0 Å². The van der Waals surface area contributed by atoms with Crippen molar-refractivity contribution in [3.63, 3.8) is 0 Å². The lowest BCUT2D eigenvalue weighted by Crippen LogP contribution is -2.49. The molecule has 0 atom stereocenters. The maximum absolute atomic E-state index is 11.7. The molecule has 2 aromatic rings. The summed E-state index contributed by atoms with van der Waals surface area (Å²) in [7, 11) is 0. The lowest BCUT2D eigenvalue weighted by atomic mass is 10.2. The maximum Gasteiger partial charge on any atom is 0.226 e. The Labute approximate surface area is 113 Å². The van der Waals surface area contributed by atoms with Gasteiger partial charge >= 0.3 is 0 Å². The van der Waals surface area contributed by atoms with Gasteiger partial charge in [0.1, 0.15) is 5.01 Å². The lowest BCUT2D eigenvalue weighted by Gasteiger charge is -2.26. The number of hydrogen-bond donors (Lipinski definition) is 1. The molecule has 0 saturated carbocycles. The van der Waals surface area contributed by atoms with E-state index in [-0.39, 0.29) is 11.9 Å². The highest BCUT2D eigenvalue weighted by molar-refractivity contribution is 7.20. The minimum atomic E-state index is 0.0197. The van der Waals surface area contributed by atoms with E-state index in [1.165, 1.54) is 0 Å². The van der Waals surface area contributed by atoms with Crippen molar-refractivity contribution in [2.45, 2.75) is 12.5 Å². The van der Waals surface area contributed by atoms with Gasteiger partial charge in [0.2, 0.25) is 5.91 Å². The molecular formula is C12H12N2O2S2. The summed E-state index contributed by atoms with van der Waals surface area (Å²) in [5.41, 5.74) is 0.834. The van der Waals surface area contributed by atoms with Crippen molar-refractivity contribution >= 4 is 28.6 Å². The van der Waals surface area contributed by atoms with Crippen molar-refractivity contribution in [3.8, 4) is 9.88 Å². The monoisotopic (exact) mass is 280 g/mol. The van der Waals surface area contributed by atoms with Crippen molar-refractivity contribution in [3.05, 3.63) is 28.6 Å². The maximum atomic E-state index is 11.7. The third-order valence-electron chi connectivity index (χ3n) is 2.63. The zero-order chi connectivity index (χ0) is 12.4. The van der Waals surface area contributed by atoms with Crippen LogP contribution in [0.2, 0.25) is 0 Å². The number of nitrogens with one attached hydrogen (secondary N) is 1. The van der Waals surface area contributed by atoms with Crippen LogP contribution in [0.1, 0.15) is 5.69 Å². The topological polar surface area (TPSA) is 51.2 Å². The van der Waals surface area contributed by atoms with E-state index in [2.05, 4.69) is 10.3 Å². The Balaban J connectivity index is 1.61. The second kappa shape index (κ2) is 5.17. The molecular weight excluding hydrogens is 268 g/mol. The molecule has 0 aromatic carbocycles. The number of thiophene rings is 1. The molecule has 3 heterocycles. The van der Waals surface area contributed by atoms with Crippen LogP contribution in [-0.4, -0.2) is 30.1 Å². The van der Waals surface area contributed by atoms with E-state index >= 15 is 0 Å². The molecule has 0 spiro atoms. The first-order valence-corrected chi connectivity index (χ1v) is 7.42. The van der Waals surface area contributed by atoms with Crippen LogP contribution in [0.5, 0.6) is 0 Å². The minimum Gasteiger partial charge on any atom is -0.377 e. The zero-order valence-corrected chi connectivity index (χ0v) is 11.2. The number of rotatable bonds is 4. The molecule has 1 saturated heterocycles. The molecule has 3 rings (SSSR count). The summed E-state index contributed by atoms with van der Waals surface area (Å²) in [6.07, 6.45) is 0.346. The van der Waals surface area contributed by atoms with Gasteiger partial charge in [-0.15, -0.1) is 22.7 Å². The first-order chi connectivity index (χ1) is 8.81. The van der Waals surface area contributed by atoms with Crippen molar-refractivity contribution in [1.29, 1.82) is 0 Å². The van der Waals surface area contributed by atoms with Crippen molar-refractivity contribution in [2.75, 3.05) is 13.2 Å². The van der Waals surface area contributed by atoms with Gasteiger partial charge < -0.3 is 10.1 Å². The Kier molecular flexibility index (Phi) is 3.40. The van der Waals surface area contributed by atoms with Gasteiger partial charge in [-0.3, -0.25) is 4.79 Å². The minimum absolute atomic E-state index is 0.0197. The summed E-state index contributed by atoms with van der Waals surface area (Å²) in [5.74, 6) is 0.0197. The van der Waals surface area contributed by atoms with E-state index in [4.69, 9.17) is 4.74 Å². The molecule has 1 fully saturated rings. The Morgan fingerprint density at radius 2 is 2.39 bits per heavy atom. The molecule has 2 aromatic heterocycles. The highest BCUT2D eigenvalue weighted by atomic mass is 32.1. The third-order valence-corrected chi connectivity index (χ3v) is 4.56. The van der Waals surface area contributed by atoms with Crippen LogP contribution in [0, 0.1) is 0 Å². The highest BCUT2D eigenvalue weighted by Gasteiger charge is 2.20. The number of carbonyl (C=O) groups is 1. The van der Waals surface area contributed by atoms with Gasteiger partial charge in [-0.05, 0) is 11.4 Å². The number of carbonyl (C=O) groups excluding carboxylic acids is 1. The van der Waals surface area contributed by atoms with Crippen LogP contribution in [0.4, 0.5) is 0 Å². The largest absolute Gasteiger partial charge is 0.377 e. The fraction of sp³-hybridized carbons (Fsp3) is 0.333. The quantitative estimate of drug-likeness (QED) is 0.931. The van der Waals surface area contributed by atoms with Crippen molar-refractivity contribution in [2.24, 2.45) is 0 Å². The smallest absolute Gasteiger partial charge is 0.226 e. The van der Waals surface area contributed by atoms with E-state index in [9.17, 15) is 4.79 Å². The molecule has 18 heavy (non-hydrogen) atoms. The van der Waals surface area contributed by atoms with Crippen LogP contribution < -0.4 is 5.32 Å². The summed E-state index contributed by atoms with van der Waals surface area (Å²) in [4.78, 5) is 17.3. The number of amides is 1. The molecule has 0 aliphatic carbocycles. The Bertz CT molecular complexity index is 532. The second-order valence-corrected chi connectivity index (χ2v) is 5.91. The SMILES string of the molecule is O=C(Cc1csc(-c2cccs2)n1)NC1COC1. The predicted molar refractivity (Wildman–Crippen MR) is 71.9 cm³/mol. The van der Waals surface area contributed by atoms with E-state index < -0.39 is 0 Å². The summed E-state index contributed by atoms with van der Waals surface area (Å²) < 4.78 is 5.01. The molecule has 4 nitrogen and oxygen atoms in total. The van der Waals surface area contributed by atoms with E-state index in [0.717, 1.165) is 15.6 Å². The Morgan fingerprint density at radius 3 is 3.06 bits per heavy atom. The van der Waals surface area contributed by atoms with Gasteiger partial charge in [-0.1, -0.05) is 6.07 Å². The summed E-state index contributed by atoms with van der Waals surface area (Å²) in [6.45, 7) is 1.26. The predicted octanol–water partition coefficient (Wildman–Crippen LogP) is 1.93. The molecule has 94 valence electrons. The van der Waals surface area contributed by atoms with Gasteiger partial charge in [-0.2, -0.15) is 0 Å². The zero-order valence-electron chi connectivity index (χ0n) is 9.59. The molecule has 1 aliphatic heterocycles. The van der Waals surface area contributed by atoms with Crippen LogP contribution in [0.3, 0.4) is 0 Å². The Hall–Kier alpha value is -1.24. The number of thiazole rings is 1. The molecule has 1 aliphatic rings. The van der Waals surface area contributed by atoms with Crippen LogP contribution in [0.15, 0.2) is 22.9 Å². The number of nitrogens with zero attached hydrogens (tertiary/aromatic N) is 1. The summed E-state index contributed by atoms with van der Waals surface area (Å²) in [6, 6.07) is 4.23. The molecule has 1 N–H and O–H groups in total. The van der Waals surface area contributed by atoms with Crippen LogP contribution in [0.25, 0.3) is 9.88 Å². The second-order valence-electron chi connectivity index (χ2n) is 4.10. The average Bonchev–Trinajstić information content (AvgIpc) is 2.92. The van der Waals surface area contributed by atoms with Crippen molar-refractivity contribution < 1.29 is 9.53 Å². The van der Waals surface area contributed by atoms with E-state index in [1.54, 1.807) is 22.7 Å². The van der Waals surface area contributed by atoms with Crippen LogP contribution >= 0.6 is 22.7 Å². The molecule has 6 heteroatoms. The average molecular weight is 280 g/mol. The number of hydrogen-bond acceptors (Lipinski definition) is 5. The molecule has 1 amide bonds. The van der Waals surface area contributed by atoms with E-state index in [1.807, 2.05) is 22.9 Å². The fourth-order valence-corrected chi connectivity index (χ4v) is 3.30. The van der Waals surface area contributed by atoms with Gasteiger partial charge in [0.15, 0.2) is 0 Å².